The highest BCUT2D eigenvalue weighted by molar-refractivity contribution is 5.94. The standard InChI is InChI=1S/C13H19N3O2/c1-16-6-2-3-11(8-16)15-13(18)10-4-5-14-12(7-10)9-17/h4-5,7,11,17H,2-3,6,8-9H2,1H3,(H,15,18). The van der Waals surface area contributed by atoms with Crippen molar-refractivity contribution in [3.05, 3.63) is 29.6 Å². The van der Waals surface area contributed by atoms with Crippen molar-refractivity contribution in [1.29, 1.82) is 0 Å². The van der Waals surface area contributed by atoms with Gasteiger partial charge in [-0.1, -0.05) is 0 Å². The zero-order valence-electron chi connectivity index (χ0n) is 10.6. The van der Waals surface area contributed by atoms with E-state index in [1.807, 2.05) is 0 Å². The predicted octanol–water partition coefficient (Wildman–Crippen LogP) is 0.398. The molecule has 1 aromatic heterocycles. The van der Waals surface area contributed by atoms with Gasteiger partial charge in [0.25, 0.3) is 5.91 Å². The number of aliphatic hydroxyl groups excluding tert-OH is 1. The average molecular weight is 249 g/mol. The number of amides is 1. The van der Waals surface area contributed by atoms with Crippen LogP contribution in [-0.2, 0) is 6.61 Å². The van der Waals surface area contributed by atoms with E-state index in [-0.39, 0.29) is 18.6 Å². The molecule has 0 spiro atoms. The third-order valence-electron chi connectivity index (χ3n) is 3.20. The maximum absolute atomic E-state index is 12.0. The summed E-state index contributed by atoms with van der Waals surface area (Å²) >= 11 is 0. The van der Waals surface area contributed by atoms with E-state index >= 15 is 0 Å². The Hall–Kier alpha value is -1.46. The van der Waals surface area contributed by atoms with Crippen molar-refractivity contribution >= 4 is 5.91 Å². The molecule has 1 aliphatic heterocycles. The molecular weight excluding hydrogens is 230 g/mol. The highest BCUT2D eigenvalue weighted by atomic mass is 16.3. The van der Waals surface area contributed by atoms with Gasteiger partial charge in [0, 0.05) is 24.3 Å². The summed E-state index contributed by atoms with van der Waals surface area (Å²) in [6.07, 6.45) is 3.68. The maximum Gasteiger partial charge on any atom is 0.251 e. The number of nitrogens with one attached hydrogen (secondary N) is 1. The fourth-order valence-corrected chi connectivity index (χ4v) is 2.26. The van der Waals surface area contributed by atoms with Crippen LogP contribution in [0.15, 0.2) is 18.3 Å². The van der Waals surface area contributed by atoms with Gasteiger partial charge >= 0.3 is 0 Å². The molecule has 1 amide bonds. The summed E-state index contributed by atoms with van der Waals surface area (Å²) in [6.45, 7) is 1.84. The summed E-state index contributed by atoms with van der Waals surface area (Å²) < 4.78 is 0. The maximum atomic E-state index is 12.0. The number of aliphatic hydroxyl groups is 1. The van der Waals surface area contributed by atoms with E-state index in [2.05, 4.69) is 22.2 Å². The monoisotopic (exact) mass is 249 g/mol. The Labute approximate surface area is 107 Å². The van der Waals surface area contributed by atoms with Crippen molar-refractivity contribution in [2.45, 2.75) is 25.5 Å². The van der Waals surface area contributed by atoms with Crippen molar-refractivity contribution < 1.29 is 9.90 Å². The molecule has 0 saturated carbocycles. The number of carbonyl (C=O) groups excluding carboxylic acids is 1. The highest BCUT2D eigenvalue weighted by Gasteiger charge is 2.19. The Morgan fingerprint density at radius 2 is 2.50 bits per heavy atom. The molecule has 1 atom stereocenters. The molecule has 2 N–H and O–H groups in total. The lowest BCUT2D eigenvalue weighted by molar-refractivity contribution is 0.0912. The fourth-order valence-electron chi connectivity index (χ4n) is 2.26. The average Bonchev–Trinajstić information content (AvgIpc) is 2.39. The van der Waals surface area contributed by atoms with E-state index in [1.54, 1.807) is 18.3 Å². The Morgan fingerprint density at radius 1 is 1.67 bits per heavy atom. The van der Waals surface area contributed by atoms with Gasteiger partial charge in [0.05, 0.1) is 12.3 Å². The van der Waals surface area contributed by atoms with Crippen LogP contribution in [0.4, 0.5) is 0 Å². The molecule has 5 nitrogen and oxygen atoms in total. The van der Waals surface area contributed by atoms with Crippen LogP contribution < -0.4 is 5.32 Å². The molecule has 2 rings (SSSR count). The van der Waals surface area contributed by atoms with Gasteiger partial charge in [-0.2, -0.15) is 0 Å². The molecular formula is C13H19N3O2. The molecule has 5 heteroatoms. The number of hydrogen-bond acceptors (Lipinski definition) is 4. The van der Waals surface area contributed by atoms with Crippen LogP contribution in [0.3, 0.4) is 0 Å². The van der Waals surface area contributed by atoms with E-state index in [1.165, 1.54) is 0 Å². The quantitative estimate of drug-likeness (QED) is 0.813. The Morgan fingerprint density at radius 3 is 3.22 bits per heavy atom. The van der Waals surface area contributed by atoms with Crippen molar-refractivity contribution in [2.75, 3.05) is 20.1 Å². The number of pyridine rings is 1. The lowest BCUT2D eigenvalue weighted by Gasteiger charge is -2.30. The van der Waals surface area contributed by atoms with Crippen LogP contribution >= 0.6 is 0 Å². The smallest absolute Gasteiger partial charge is 0.251 e. The molecule has 0 aliphatic carbocycles. The number of likely N-dealkylation sites (N-methyl/N-ethyl adjacent to an activating group) is 1. The number of aromatic nitrogens is 1. The molecule has 0 aromatic carbocycles. The molecule has 1 aromatic rings. The molecule has 2 heterocycles. The summed E-state index contributed by atoms with van der Waals surface area (Å²) in [5, 5.41) is 12.0. The Kier molecular flexibility index (Phi) is 4.28. The number of rotatable bonds is 3. The van der Waals surface area contributed by atoms with E-state index in [0.717, 1.165) is 25.9 Å². The zero-order valence-corrected chi connectivity index (χ0v) is 10.6. The number of hydrogen-bond donors (Lipinski definition) is 2. The SMILES string of the molecule is CN1CCCC(NC(=O)c2ccnc(CO)c2)C1. The van der Waals surface area contributed by atoms with Gasteiger partial charge in [-0.3, -0.25) is 9.78 Å². The minimum atomic E-state index is -0.146. The van der Waals surface area contributed by atoms with Gasteiger partial charge in [-0.05, 0) is 38.6 Å². The summed E-state index contributed by atoms with van der Waals surface area (Å²) in [7, 11) is 2.06. The third-order valence-corrected chi connectivity index (χ3v) is 3.20. The lowest BCUT2D eigenvalue weighted by Crippen LogP contribution is -2.46. The van der Waals surface area contributed by atoms with Crippen LogP contribution in [0.1, 0.15) is 28.9 Å². The Balaban J connectivity index is 1.98. The molecule has 0 bridgehead atoms. The van der Waals surface area contributed by atoms with Gasteiger partial charge in [-0.15, -0.1) is 0 Å². The first-order chi connectivity index (χ1) is 8.69. The van der Waals surface area contributed by atoms with Crippen molar-refractivity contribution in [1.82, 2.24) is 15.2 Å². The van der Waals surface area contributed by atoms with Crippen molar-refractivity contribution in [3.8, 4) is 0 Å². The minimum absolute atomic E-state index is 0.0904. The normalized spacial score (nSPS) is 20.7. The summed E-state index contributed by atoms with van der Waals surface area (Å²) in [6, 6.07) is 3.50. The zero-order chi connectivity index (χ0) is 13.0. The van der Waals surface area contributed by atoms with Crippen LogP contribution in [0, 0.1) is 0 Å². The minimum Gasteiger partial charge on any atom is -0.390 e. The summed E-state index contributed by atoms with van der Waals surface area (Å²) in [4.78, 5) is 18.2. The van der Waals surface area contributed by atoms with Gasteiger partial charge in [0.15, 0.2) is 0 Å². The molecule has 1 saturated heterocycles. The van der Waals surface area contributed by atoms with Crippen LogP contribution in [0.5, 0.6) is 0 Å². The largest absolute Gasteiger partial charge is 0.390 e. The van der Waals surface area contributed by atoms with Crippen LogP contribution in [0.2, 0.25) is 0 Å². The van der Waals surface area contributed by atoms with Gasteiger partial charge in [0.1, 0.15) is 0 Å². The first kappa shape index (κ1) is 13.0. The molecule has 98 valence electrons. The first-order valence-corrected chi connectivity index (χ1v) is 6.24. The second-order valence-corrected chi connectivity index (χ2v) is 4.77. The van der Waals surface area contributed by atoms with E-state index < -0.39 is 0 Å². The van der Waals surface area contributed by atoms with E-state index in [4.69, 9.17) is 5.11 Å². The number of nitrogens with zero attached hydrogens (tertiary/aromatic N) is 2. The molecule has 1 fully saturated rings. The van der Waals surface area contributed by atoms with Crippen molar-refractivity contribution in [2.24, 2.45) is 0 Å². The van der Waals surface area contributed by atoms with Gasteiger partial charge < -0.3 is 15.3 Å². The Bertz CT molecular complexity index is 422. The third kappa shape index (κ3) is 3.27. The van der Waals surface area contributed by atoms with Crippen molar-refractivity contribution in [3.63, 3.8) is 0 Å². The van der Waals surface area contributed by atoms with Gasteiger partial charge in [-0.25, -0.2) is 0 Å². The van der Waals surface area contributed by atoms with Gasteiger partial charge in [0.2, 0.25) is 0 Å². The van der Waals surface area contributed by atoms with Crippen LogP contribution in [0.25, 0.3) is 0 Å². The molecule has 18 heavy (non-hydrogen) atoms. The molecule has 0 radical (unpaired) electrons. The predicted molar refractivity (Wildman–Crippen MR) is 68.1 cm³/mol. The summed E-state index contributed by atoms with van der Waals surface area (Å²) in [5.41, 5.74) is 1.07. The van der Waals surface area contributed by atoms with Crippen LogP contribution in [-0.4, -0.2) is 47.1 Å². The molecule has 1 unspecified atom stereocenters. The first-order valence-electron chi connectivity index (χ1n) is 6.24. The number of carbonyl (C=O) groups is 1. The second kappa shape index (κ2) is 5.93. The number of likely N-dealkylation sites (tertiary alicyclic amines) is 1. The van der Waals surface area contributed by atoms with E-state index in [9.17, 15) is 4.79 Å². The molecule has 1 aliphatic rings. The lowest BCUT2D eigenvalue weighted by atomic mass is 10.1. The highest BCUT2D eigenvalue weighted by Crippen LogP contribution is 2.09. The number of piperidine rings is 1. The second-order valence-electron chi connectivity index (χ2n) is 4.77. The van der Waals surface area contributed by atoms with E-state index in [0.29, 0.717) is 11.3 Å². The topological polar surface area (TPSA) is 65.5 Å². The fraction of sp³-hybridized carbons (Fsp3) is 0.538. The summed E-state index contributed by atoms with van der Waals surface area (Å²) in [5.74, 6) is -0.0904.